The SMILES string of the molecule is CC(=CCCl)C1CCCCC1. The number of alkyl halides is 1. The van der Waals surface area contributed by atoms with E-state index in [0.717, 1.165) is 5.92 Å². The third-order valence-corrected chi connectivity index (χ3v) is 2.80. The average Bonchev–Trinajstić information content (AvgIpc) is 2.07. The highest BCUT2D eigenvalue weighted by atomic mass is 35.5. The summed E-state index contributed by atoms with van der Waals surface area (Å²) in [5, 5.41) is 0. The molecule has 1 fully saturated rings. The molecular weight excluding hydrogens is 156 g/mol. The minimum atomic E-state index is 0.683. The molecule has 0 radical (unpaired) electrons. The highest BCUT2D eigenvalue weighted by Crippen LogP contribution is 2.29. The molecule has 0 aromatic carbocycles. The Labute approximate surface area is 74.6 Å². The Balaban J connectivity index is 2.38. The third-order valence-electron chi connectivity index (χ3n) is 2.65. The molecule has 1 aliphatic carbocycles. The summed E-state index contributed by atoms with van der Waals surface area (Å²) in [5.74, 6) is 1.53. The summed E-state index contributed by atoms with van der Waals surface area (Å²) in [6.07, 6.45) is 9.21. The van der Waals surface area contributed by atoms with Crippen LogP contribution in [-0.2, 0) is 0 Å². The molecule has 0 N–H and O–H groups in total. The maximum absolute atomic E-state index is 5.64. The quantitative estimate of drug-likeness (QED) is 0.440. The molecule has 0 unspecified atom stereocenters. The van der Waals surface area contributed by atoms with Gasteiger partial charge in [-0.25, -0.2) is 0 Å². The fourth-order valence-electron chi connectivity index (χ4n) is 1.85. The van der Waals surface area contributed by atoms with Gasteiger partial charge in [-0.05, 0) is 25.7 Å². The first kappa shape index (κ1) is 9.12. The van der Waals surface area contributed by atoms with Crippen molar-refractivity contribution in [3.05, 3.63) is 11.6 Å². The maximum atomic E-state index is 5.64. The Bertz CT molecular complexity index is 132. The average molecular weight is 173 g/mol. The molecule has 1 saturated carbocycles. The van der Waals surface area contributed by atoms with Gasteiger partial charge in [-0.15, -0.1) is 11.6 Å². The molecular formula is C10H17Cl. The second-order valence-electron chi connectivity index (χ2n) is 3.44. The van der Waals surface area contributed by atoms with E-state index in [2.05, 4.69) is 13.0 Å². The van der Waals surface area contributed by atoms with E-state index in [1.165, 1.54) is 37.7 Å². The van der Waals surface area contributed by atoms with Gasteiger partial charge < -0.3 is 0 Å². The molecule has 0 spiro atoms. The number of rotatable bonds is 2. The van der Waals surface area contributed by atoms with Crippen LogP contribution >= 0.6 is 11.6 Å². The van der Waals surface area contributed by atoms with Crippen molar-refractivity contribution < 1.29 is 0 Å². The minimum absolute atomic E-state index is 0.683. The van der Waals surface area contributed by atoms with Crippen molar-refractivity contribution in [1.29, 1.82) is 0 Å². The predicted octanol–water partition coefficient (Wildman–Crippen LogP) is 3.75. The molecule has 0 aromatic rings. The van der Waals surface area contributed by atoms with Crippen molar-refractivity contribution in [3.8, 4) is 0 Å². The van der Waals surface area contributed by atoms with Crippen LogP contribution in [0.2, 0.25) is 0 Å². The van der Waals surface area contributed by atoms with E-state index in [9.17, 15) is 0 Å². The molecule has 0 aromatic heterocycles. The van der Waals surface area contributed by atoms with Gasteiger partial charge in [-0.2, -0.15) is 0 Å². The zero-order chi connectivity index (χ0) is 8.10. The summed E-state index contributed by atoms with van der Waals surface area (Å²) < 4.78 is 0. The van der Waals surface area contributed by atoms with Gasteiger partial charge in [0.15, 0.2) is 0 Å². The van der Waals surface area contributed by atoms with Crippen molar-refractivity contribution in [2.45, 2.75) is 39.0 Å². The zero-order valence-corrected chi connectivity index (χ0v) is 8.03. The van der Waals surface area contributed by atoms with E-state index in [0.29, 0.717) is 5.88 Å². The summed E-state index contributed by atoms with van der Waals surface area (Å²) in [5.41, 5.74) is 1.51. The smallest absolute Gasteiger partial charge is 0.0406 e. The van der Waals surface area contributed by atoms with Gasteiger partial charge in [0.2, 0.25) is 0 Å². The number of halogens is 1. The standard InChI is InChI=1S/C10H17Cl/c1-9(7-8-11)10-5-3-2-4-6-10/h7,10H,2-6,8H2,1H3. The molecule has 64 valence electrons. The Kier molecular flexibility index (Phi) is 3.99. The van der Waals surface area contributed by atoms with Gasteiger partial charge in [0, 0.05) is 5.88 Å². The van der Waals surface area contributed by atoms with Crippen LogP contribution in [0.15, 0.2) is 11.6 Å². The van der Waals surface area contributed by atoms with E-state index in [1.807, 2.05) is 0 Å². The summed E-state index contributed by atoms with van der Waals surface area (Å²) in [6, 6.07) is 0. The Morgan fingerprint density at radius 1 is 1.36 bits per heavy atom. The van der Waals surface area contributed by atoms with Gasteiger partial charge in [0.25, 0.3) is 0 Å². The second kappa shape index (κ2) is 4.82. The summed E-state index contributed by atoms with van der Waals surface area (Å²) >= 11 is 5.64. The van der Waals surface area contributed by atoms with Crippen LogP contribution in [0.4, 0.5) is 0 Å². The van der Waals surface area contributed by atoms with Gasteiger partial charge in [-0.1, -0.05) is 30.9 Å². The molecule has 1 heteroatoms. The molecule has 0 saturated heterocycles. The fraction of sp³-hybridized carbons (Fsp3) is 0.800. The number of allylic oxidation sites excluding steroid dienone is 2. The fourth-order valence-corrected chi connectivity index (χ4v) is 2.09. The van der Waals surface area contributed by atoms with Crippen LogP contribution < -0.4 is 0 Å². The number of hydrogen-bond acceptors (Lipinski definition) is 0. The normalized spacial score (nSPS) is 22.2. The lowest BCUT2D eigenvalue weighted by Gasteiger charge is -2.22. The Hall–Kier alpha value is 0.0300. The van der Waals surface area contributed by atoms with Gasteiger partial charge in [0.1, 0.15) is 0 Å². The first-order valence-electron chi connectivity index (χ1n) is 4.57. The zero-order valence-electron chi connectivity index (χ0n) is 7.28. The van der Waals surface area contributed by atoms with Crippen molar-refractivity contribution >= 4 is 11.6 Å². The molecule has 0 atom stereocenters. The highest BCUT2D eigenvalue weighted by Gasteiger charge is 2.13. The molecule has 0 nitrogen and oxygen atoms in total. The van der Waals surface area contributed by atoms with Crippen molar-refractivity contribution in [2.75, 3.05) is 5.88 Å². The Morgan fingerprint density at radius 3 is 2.55 bits per heavy atom. The molecule has 0 aliphatic heterocycles. The van der Waals surface area contributed by atoms with Crippen molar-refractivity contribution in [2.24, 2.45) is 5.92 Å². The molecule has 1 aliphatic rings. The lowest BCUT2D eigenvalue weighted by atomic mass is 9.84. The van der Waals surface area contributed by atoms with E-state index >= 15 is 0 Å². The number of hydrogen-bond donors (Lipinski definition) is 0. The lowest BCUT2D eigenvalue weighted by Crippen LogP contribution is -2.07. The molecule has 0 bridgehead atoms. The van der Waals surface area contributed by atoms with Gasteiger partial charge in [-0.3, -0.25) is 0 Å². The van der Waals surface area contributed by atoms with Crippen molar-refractivity contribution in [3.63, 3.8) is 0 Å². The largest absolute Gasteiger partial charge is 0.122 e. The topological polar surface area (TPSA) is 0 Å². The molecule has 0 amide bonds. The first-order chi connectivity index (χ1) is 5.34. The second-order valence-corrected chi connectivity index (χ2v) is 3.75. The van der Waals surface area contributed by atoms with Crippen LogP contribution in [-0.4, -0.2) is 5.88 Å². The predicted molar refractivity (Wildman–Crippen MR) is 51.1 cm³/mol. The van der Waals surface area contributed by atoms with Crippen LogP contribution in [0.25, 0.3) is 0 Å². The maximum Gasteiger partial charge on any atom is 0.0406 e. The van der Waals surface area contributed by atoms with E-state index in [4.69, 9.17) is 11.6 Å². The van der Waals surface area contributed by atoms with Gasteiger partial charge >= 0.3 is 0 Å². The first-order valence-corrected chi connectivity index (χ1v) is 5.10. The van der Waals surface area contributed by atoms with E-state index < -0.39 is 0 Å². The van der Waals surface area contributed by atoms with Crippen LogP contribution in [0, 0.1) is 5.92 Å². The van der Waals surface area contributed by atoms with Crippen LogP contribution in [0.1, 0.15) is 39.0 Å². The Morgan fingerprint density at radius 2 is 2.00 bits per heavy atom. The van der Waals surface area contributed by atoms with E-state index in [1.54, 1.807) is 0 Å². The summed E-state index contributed by atoms with van der Waals surface area (Å²) in [4.78, 5) is 0. The minimum Gasteiger partial charge on any atom is -0.122 e. The molecule has 1 rings (SSSR count). The summed E-state index contributed by atoms with van der Waals surface area (Å²) in [7, 11) is 0. The lowest BCUT2D eigenvalue weighted by molar-refractivity contribution is 0.402. The van der Waals surface area contributed by atoms with Crippen molar-refractivity contribution in [1.82, 2.24) is 0 Å². The molecule has 11 heavy (non-hydrogen) atoms. The van der Waals surface area contributed by atoms with E-state index in [-0.39, 0.29) is 0 Å². The highest BCUT2D eigenvalue weighted by molar-refractivity contribution is 6.18. The summed E-state index contributed by atoms with van der Waals surface area (Å²) in [6.45, 7) is 2.22. The molecule has 0 heterocycles. The van der Waals surface area contributed by atoms with Crippen LogP contribution in [0.5, 0.6) is 0 Å². The van der Waals surface area contributed by atoms with Crippen LogP contribution in [0.3, 0.4) is 0 Å². The third kappa shape index (κ3) is 2.86. The monoisotopic (exact) mass is 172 g/mol. The van der Waals surface area contributed by atoms with Gasteiger partial charge in [0.05, 0.1) is 0 Å².